The van der Waals surface area contributed by atoms with Crippen LogP contribution >= 0.6 is 0 Å². The Morgan fingerprint density at radius 1 is 0.967 bits per heavy atom. The Balaban J connectivity index is 1.52. The number of carbonyl (C=O) groups excluding carboxylic acids is 1. The topological polar surface area (TPSA) is 64.3 Å². The third kappa shape index (κ3) is 4.58. The maximum absolute atomic E-state index is 13.2. The highest BCUT2D eigenvalue weighted by molar-refractivity contribution is 5.77. The zero-order chi connectivity index (χ0) is 21.1. The van der Waals surface area contributed by atoms with Crippen LogP contribution < -0.4 is 11.2 Å². The first-order valence-corrected chi connectivity index (χ1v) is 11.2. The van der Waals surface area contributed by atoms with E-state index in [4.69, 9.17) is 0 Å². The second-order valence-electron chi connectivity index (χ2n) is 8.75. The number of amides is 1. The molecule has 1 amide bonds. The molecule has 1 heterocycles. The molecule has 2 saturated carbocycles. The van der Waals surface area contributed by atoms with E-state index in [2.05, 4.69) is 6.92 Å². The van der Waals surface area contributed by atoms with Gasteiger partial charge in [-0.2, -0.15) is 0 Å². The number of rotatable bonds is 7. The van der Waals surface area contributed by atoms with Gasteiger partial charge in [-0.25, -0.2) is 4.79 Å². The van der Waals surface area contributed by atoms with Crippen LogP contribution in [0.1, 0.15) is 57.4 Å². The minimum atomic E-state index is -0.426. The number of aromatic nitrogens is 2. The number of benzene rings is 1. The maximum Gasteiger partial charge on any atom is 0.331 e. The molecule has 0 N–H and O–H groups in total. The summed E-state index contributed by atoms with van der Waals surface area (Å²) in [6, 6.07) is 11.5. The molecule has 1 aromatic carbocycles. The largest absolute Gasteiger partial charge is 0.335 e. The average molecular weight is 410 g/mol. The van der Waals surface area contributed by atoms with Crippen molar-refractivity contribution in [1.29, 1.82) is 0 Å². The van der Waals surface area contributed by atoms with Crippen molar-refractivity contribution in [2.24, 2.45) is 5.92 Å². The van der Waals surface area contributed by atoms with E-state index in [0.717, 1.165) is 54.6 Å². The van der Waals surface area contributed by atoms with Crippen molar-refractivity contribution in [3.63, 3.8) is 0 Å². The molecule has 0 spiro atoms. The number of hydrogen-bond donors (Lipinski definition) is 0. The van der Waals surface area contributed by atoms with Crippen LogP contribution in [-0.2, 0) is 17.9 Å². The van der Waals surface area contributed by atoms with Crippen molar-refractivity contribution in [1.82, 2.24) is 14.0 Å². The van der Waals surface area contributed by atoms with E-state index in [0.29, 0.717) is 6.54 Å². The van der Waals surface area contributed by atoms with Gasteiger partial charge in [-0.05, 0) is 50.0 Å². The highest BCUT2D eigenvalue weighted by atomic mass is 16.2. The molecule has 2 fully saturated rings. The molecule has 1 aromatic heterocycles. The predicted octanol–water partition coefficient (Wildman–Crippen LogP) is 3.02. The molecule has 0 atom stereocenters. The Hall–Kier alpha value is -2.63. The van der Waals surface area contributed by atoms with Crippen LogP contribution in [0, 0.1) is 5.92 Å². The molecule has 0 saturated heterocycles. The summed E-state index contributed by atoms with van der Waals surface area (Å²) in [6.07, 6.45) is 9.15. The zero-order valence-electron chi connectivity index (χ0n) is 17.7. The van der Waals surface area contributed by atoms with E-state index in [-0.39, 0.29) is 24.5 Å². The quantitative estimate of drug-likeness (QED) is 0.706. The van der Waals surface area contributed by atoms with E-state index in [1.54, 1.807) is 0 Å². The van der Waals surface area contributed by atoms with Gasteiger partial charge in [-0.15, -0.1) is 0 Å². The van der Waals surface area contributed by atoms with Crippen molar-refractivity contribution in [2.45, 2.75) is 77.0 Å². The lowest BCUT2D eigenvalue weighted by molar-refractivity contribution is -0.136. The van der Waals surface area contributed by atoms with Gasteiger partial charge in [0, 0.05) is 24.3 Å². The van der Waals surface area contributed by atoms with Crippen LogP contribution in [0.4, 0.5) is 0 Å². The molecular formula is C24H31N3O3. The van der Waals surface area contributed by atoms with Gasteiger partial charge in [-0.3, -0.25) is 18.7 Å². The monoisotopic (exact) mass is 409 g/mol. The fraction of sp³-hybridized carbons (Fsp3) is 0.542. The minimum Gasteiger partial charge on any atom is -0.335 e. The first kappa shape index (κ1) is 20.6. The third-order valence-corrected chi connectivity index (χ3v) is 6.64. The molecule has 6 heteroatoms. The molecule has 6 nitrogen and oxygen atoms in total. The second-order valence-corrected chi connectivity index (χ2v) is 8.75. The fourth-order valence-electron chi connectivity index (χ4n) is 4.71. The van der Waals surface area contributed by atoms with E-state index >= 15 is 0 Å². The van der Waals surface area contributed by atoms with Crippen LogP contribution in [0.25, 0.3) is 0 Å². The van der Waals surface area contributed by atoms with Crippen molar-refractivity contribution in [3.05, 3.63) is 69.0 Å². The van der Waals surface area contributed by atoms with Crippen molar-refractivity contribution in [2.75, 3.05) is 0 Å². The van der Waals surface area contributed by atoms with Gasteiger partial charge >= 0.3 is 5.69 Å². The third-order valence-electron chi connectivity index (χ3n) is 6.64. The standard InChI is InChI=1S/C24H31N3O3/c1-2-18-8-10-20(11-9-18)27(21-12-13-21)23(29)17-26-22(28)14-15-25(24(26)30)16-19-6-4-3-5-7-19/h3-7,14-15,18,20-21H,2,8-13,16-17H2,1H3. The first-order chi connectivity index (χ1) is 14.6. The SMILES string of the molecule is CCC1CCC(N(C(=O)Cn2c(=O)ccn(Cc3ccccc3)c2=O)C2CC2)CC1. The summed E-state index contributed by atoms with van der Waals surface area (Å²) in [5, 5.41) is 0. The first-order valence-electron chi connectivity index (χ1n) is 11.2. The van der Waals surface area contributed by atoms with E-state index < -0.39 is 11.2 Å². The van der Waals surface area contributed by atoms with E-state index in [1.165, 1.54) is 23.3 Å². The van der Waals surface area contributed by atoms with Gasteiger partial charge in [0.25, 0.3) is 5.56 Å². The number of hydrogen-bond acceptors (Lipinski definition) is 3. The Morgan fingerprint density at radius 2 is 1.60 bits per heavy atom. The lowest BCUT2D eigenvalue weighted by atomic mass is 9.84. The van der Waals surface area contributed by atoms with Gasteiger partial charge in [0.15, 0.2) is 0 Å². The Labute approximate surface area is 177 Å². The van der Waals surface area contributed by atoms with Crippen molar-refractivity contribution in [3.8, 4) is 0 Å². The molecule has 0 aliphatic heterocycles. The Bertz CT molecular complexity index is 983. The fourth-order valence-corrected chi connectivity index (χ4v) is 4.71. The lowest BCUT2D eigenvalue weighted by Crippen LogP contribution is -2.49. The Morgan fingerprint density at radius 3 is 2.20 bits per heavy atom. The molecule has 30 heavy (non-hydrogen) atoms. The average Bonchev–Trinajstić information content (AvgIpc) is 3.60. The predicted molar refractivity (Wildman–Crippen MR) is 116 cm³/mol. The van der Waals surface area contributed by atoms with Gasteiger partial charge < -0.3 is 4.90 Å². The molecule has 0 radical (unpaired) electrons. The number of nitrogens with zero attached hydrogens (tertiary/aromatic N) is 3. The molecule has 2 aromatic rings. The molecular weight excluding hydrogens is 378 g/mol. The van der Waals surface area contributed by atoms with Crippen LogP contribution in [0.2, 0.25) is 0 Å². The molecule has 0 unspecified atom stereocenters. The van der Waals surface area contributed by atoms with Gasteiger partial charge in [-0.1, -0.05) is 43.7 Å². The van der Waals surface area contributed by atoms with Crippen LogP contribution in [0.5, 0.6) is 0 Å². The van der Waals surface area contributed by atoms with Gasteiger partial charge in [0.2, 0.25) is 5.91 Å². The zero-order valence-corrected chi connectivity index (χ0v) is 17.7. The summed E-state index contributed by atoms with van der Waals surface area (Å²) in [4.78, 5) is 40.6. The van der Waals surface area contributed by atoms with Gasteiger partial charge in [0.05, 0.1) is 6.54 Å². The summed E-state index contributed by atoms with van der Waals surface area (Å²) >= 11 is 0. The smallest absolute Gasteiger partial charge is 0.331 e. The van der Waals surface area contributed by atoms with E-state index in [1.807, 2.05) is 35.2 Å². The summed E-state index contributed by atoms with van der Waals surface area (Å²) in [5.74, 6) is 0.674. The van der Waals surface area contributed by atoms with Crippen molar-refractivity contribution < 1.29 is 4.79 Å². The van der Waals surface area contributed by atoms with Crippen molar-refractivity contribution >= 4 is 5.91 Å². The summed E-state index contributed by atoms with van der Waals surface area (Å²) in [5.41, 5.74) is 0.136. The molecule has 2 aliphatic carbocycles. The molecule has 160 valence electrons. The highest BCUT2D eigenvalue weighted by Crippen LogP contribution is 2.36. The summed E-state index contributed by atoms with van der Waals surface area (Å²) in [6.45, 7) is 2.44. The highest BCUT2D eigenvalue weighted by Gasteiger charge is 2.38. The van der Waals surface area contributed by atoms with Crippen LogP contribution in [0.15, 0.2) is 52.2 Å². The molecule has 4 rings (SSSR count). The van der Waals surface area contributed by atoms with E-state index in [9.17, 15) is 14.4 Å². The summed E-state index contributed by atoms with van der Waals surface area (Å²) < 4.78 is 2.59. The molecule has 2 aliphatic rings. The normalized spacial score (nSPS) is 21.4. The second kappa shape index (κ2) is 9.02. The van der Waals surface area contributed by atoms with Crippen LogP contribution in [-0.4, -0.2) is 32.0 Å². The molecule has 0 bridgehead atoms. The maximum atomic E-state index is 13.2. The lowest BCUT2D eigenvalue weighted by Gasteiger charge is -2.37. The minimum absolute atomic E-state index is 0.0888. The Kier molecular flexibility index (Phi) is 6.21. The van der Waals surface area contributed by atoms with Crippen LogP contribution in [0.3, 0.4) is 0 Å². The number of carbonyl (C=O) groups is 1. The van der Waals surface area contributed by atoms with Gasteiger partial charge in [0.1, 0.15) is 6.54 Å². The summed E-state index contributed by atoms with van der Waals surface area (Å²) in [7, 11) is 0.